The molecule has 0 fully saturated rings. The molecule has 5 heteroatoms. The zero-order valence-corrected chi connectivity index (χ0v) is 6.57. The molecule has 2 rings (SSSR count). The summed E-state index contributed by atoms with van der Waals surface area (Å²) in [5.74, 6) is -0.540. The van der Waals surface area contributed by atoms with Gasteiger partial charge in [0.05, 0.1) is 5.69 Å². The zero-order chi connectivity index (χ0) is 9.26. The summed E-state index contributed by atoms with van der Waals surface area (Å²) in [6, 6.07) is 5.75. The van der Waals surface area contributed by atoms with Crippen molar-refractivity contribution in [3.05, 3.63) is 42.2 Å². The smallest absolute Gasteiger partial charge is 0.317 e. The Balaban J connectivity index is 2.22. The number of benzene rings is 1. The number of aliphatic hydroxyl groups is 1. The van der Waals surface area contributed by atoms with E-state index in [9.17, 15) is 4.39 Å². The summed E-state index contributed by atoms with van der Waals surface area (Å²) in [5.41, 5.74) is 3.08. The molecule has 1 aromatic rings. The van der Waals surface area contributed by atoms with Gasteiger partial charge in [0.2, 0.25) is 0 Å². The average Bonchev–Trinajstić information content (AvgIpc) is 2.53. The molecule has 0 bridgehead atoms. The molecular formula is C8H7FN2O2. The maximum absolute atomic E-state index is 12.5. The van der Waals surface area contributed by atoms with Crippen molar-refractivity contribution in [2.75, 3.05) is 5.01 Å². The highest BCUT2D eigenvalue weighted by Crippen LogP contribution is 2.16. The Morgan fingerprint density at radius 3 is 2.54 bits per heavy atom. The molecule has 0 saturated heterocycles. The van der Waals surface area contributed by atoms with Crippen molar-refractivity contribution >= 4 is 5.69 Å². The maximum atomic E-state index is 12.5. The number of hydrogen-bond donors (Lipinski definition) is 2. The molecule has 4 nitrogen and oxygen atoms in total. The monoisotopic (exact) mass is 182 g/mol. The van der Waals surface area contributed by atoms with Crippen molar-refractivity contribution in [2.24, 2.45) is 0 Å². The number of hydrogen-bond acceptors (Lipinski definition) is 4. The third-order valence-electron chi connectivity index (χ3n) is 1.59. The number of hydrazine groups is 1. The van der Waals surface area contributed by atoms with Gasteiger partial charge in [-0.25, -0.2) is 9.40 Å². The second-order valence-electron chi connectivity index (χ2n) is 2.51. The van der Waals surface area contributed by atoms with Crippen molar-refractivity contribution < 1.29 is 14.3 Å². The van der Waals surface area contributed by atoms with E-state index in [-0.39, 0.29) is 11.8 Å². The van der Waals surface area contributed by atoms with Gasteiger partial charge in [0.25, 0.3) is 0 Å². The van der Waals surface area contributed by atoms with Gasteiger partial charge in [-0.2, -0.15) is 0 Å². The van der Waals surface area contributed by atoms with Gasteiger partial charge in [0, 0.05) is 0 Å². The van der Waals surface area contributed by atoms with Crippen molar-refractivity contribution in [1.82, 2.24) is 5.59 Å². The molecule has 68 valence electrons. The molecule has 0 unspecified atom stereocenters. The molecule has 0 aliphatic carbocycles. The van der Waals surface area contributed by atoms with Crippen LogP contribution >= 0.6 is 0 Å². The van der Waals surface area contributed by atoms with Gasteiger partial charge < -0.3 is 9.94 Å². The van der Waals surface area contributed by atoms with Crippen LogP contribution in [0.4, 0.5) is 10.1 Å². The minimum atomic E-state index is -0.308. The lowest BCUT2D eigenvalue weighted by Crippen LogP contribution is -2.26. The third kappa shape index (κ3) is 1.54. The van der Waals surface area contributed by atoms with E-state index < -0.39 is 0 Å². The van der Waals surface area contributed by atoms with Crippen LogP contribution in [0.5, 0.6) is 0 Å². The van der Waals surface area contributed by atoms with Crippen molar-refractivity contribution in [3.8, 4) is 0 Å². The van der Waals surface area contributed by atoms with E-state index in [0.717, 1.165) is 0 Å². The third-order valence-corrected chi connectivity index (χ3v) is 1.59. The maximum Gasteiger partial charge on any atom is 0.317 e. The molecule has 2 N–H and O–H groups in total. The van der Waals surface area contributed by atoms with Crippen LogP contribution in [0.2, 0.25) is 0 Å². The van der Waals surface area contributed by atoms with Crippen LogP contribution in [0.3, 0.4) is 0 Å². The van der Waals surface area contributed by atoms with Crippen molar-refractivity contribution in [1.29, 1.82) is 0 Å². The predicted octanol–water partition coefficient (Wildman–Crippen LogP) is 1.44. The molecule has 0 spiro atoms. The van der Waals surface area contributed by atoms with E-state index in [1.807, 2.05) is 0 Å². The fourth-order valence-electron chi connectivity index (χ4n) is 0.988. The van der Waals surface area contributed by atoms with E-state index in [1.165, 1.54) is 23.3 Å². The van der Waals surface area contributed by atoms with Gasteiger partial charge in [0.15, 0.2) is 0 Å². The standard InChI is InChI=1S/C8H7FN2O2/c9-6-1-3-7(4-2-6)11-5-8(12)13-10-11/h1-5,10,12H. The summed E-state index contributed by atoms with van der Waals surface area (Å²) < 4.78 is 12.5. The van der Waals surface area contributed by atoms with Crippen LogP contribution in [0.1, 0.15) is 0 Å². The lowest BCUT2D eigenvalue weighted by atomic mass is 10.3. The Bertz CT molecular complexity index is 337. The fourth-order valence-corrected chi connectivity index (χ4v) is 0.988. The van der Waals surface area contributed by atoms with Crippen LogP contribution in [-0.2, 0) is 4.84 Å². The van der Waals surface area contributed by atoms with Crippen LogP contribution in [0.25, 0.3) is 0 Å². The second-order valence-corrected chi connectivity index (χ2v) is 2.51. The van der Waals surface area contributed by atoms with E-state index in [0.29, 0.717) is 5.69 Å². The summed E-state index contributed by atoms with van der Waals surface area (Å²) in [5, 5.41) is 10.3. The van der Waals surface area contributed by atoms with Gasteiger partial charge >= 0.3 is 5.95 Å². The summed E-state index contributed by atoms with van der Waals surface area (Å²) >= 11 is 0. The molecule has 0 amide bonds. The van der Waals surface area contributed by atoms with Crippen LogP contribution in [0, 0.1) is 5.82 Å². The Labute approximate surface area is 73.8 Å². The molecule has 1 aliphatic heterocycles. The minimum Gasteiger partial charge on any atom is -0.479 e. The first kappa shape index (κ1) is 7.88. The number of aliphatic hydroxyl groups excluding tert-OH is 1. The van der Waals surface area contributed by atoms with E-state index in [4.69, 9.17) is 5.11 Å². The van der Waals surface area contributed by atoms with E-state index >= 15 is 0 Å². The molecule has 0 saturated carbocycles. The average molecular weight is 182 g/mol. The summed E-state index contributed by atoms with van der Waals surface area (Å²) in [6.07, 6.45) is 1.34. The fraction of sp³-hybridized carbons (Fsp3) is 0. The highest BCUT2D eigenvalue weighted by atomic mass is 19.1. The summed E-state index contributed by atoms with van der Waals surface area (Å²) in [7, 11) is 0. The van der Waals surface area contributed by atoms with Crippen molar-refractivity contribution in [3.63, 3.8) is 0 Å². The lowest BCUT2D eigenvalue weighted by Gasteiger charge is -2.12. The molecule has 1 aliphatic rings. The lowest BCUT2D eigenvalue weighted by molar-refractivity contribution is 0.0458. The normalized spacial score (nSPS) is 15.5. The SMILES string of the molecule is OC1=CN(c2ccc(F)cc2)NO1. The molecule has 0 aromatic heterocycles. The number of anilines is 1. The molecule has 1 heterocycles. The number of nitrogens with one attached hydrogen (secondary N) is 1. The quantitative estimate of drug-likeness (QED) is 0.689. The highest BCUT2D eigenvalue weighted by molar-refractivity contribution is 5.48. The summed E-state index contributed by atoms with van der Waals surface area (Å²) in [6.45, 7) is 0. The molecule has 1 aromatic carbocycles. The molecule has 13 heavy (non-hydrogen) atoms. The summed E-state index contributed by atoms with van der Waals surface area (Å²) in [4.78, 5) is 4.55. The molecule has 0 atom stereocenters. The van der Waals surface area contributed by atoms with Gasteiger partial charge in [-0.15, -0.1) is 0 Å². The van der Waals surface area contributed by atoms with Gasteiger partial charge in [-0.1, -0.05) is 5.59 Å². The largest absolute Gasteiger partial charge is 0.479 e. The van der Waals surface area contributed by atoms with Crippen molar-refractivity contribution in [2.45, 2.75) is 0 Å². The predicted molar refractivity (Wildman–Crippen MR) is 43.8 cm³/mol. The van der Waals surface area contributed by atoms with Gasteiger partial charge in [-0.3, -0.25) is 0 Å². The zero-order valence-electron chi connectivity index (χ0n) is 6.57. The molecular weight excluding hydrogens is 175 g/mol. The highest BCUT2D eigenvalue weighted by Gasteiger charge is 2.13. The topological polar surface area (TPSA) is 44.7 Å². The van der Waals surface area contributed by atoms with Gasteiger partial charge in [-0.05, 0) is 24.3 Å². The second kappa shape index (κ2) is 2.95. The first-order valence-corrected chi connectivity index (χ1v) is 3.64. The number of rotatable bonds is 1. The van der Waals surface area contributed by atoms with Crippen LogP contribution in [-0.4, -0.2) is 5.11 Å². The first-order valence-electron chi connectivity index (χ1n) is 3.64. The van der Waals surface area contributed by atoms with E-state index in [2.05, 4.69) is 10.4 Å². The Morgan fingerprint density at radius 1 is 1.31 bits per heavy atom. The van der Waals surface area contributed by atoms with Gasteiger partial charge in [0.1, 0.15) is 12.0 Å². The Kier molecular flexibility index (Phi) is 1.79. The first-order chi connectivity index (χ1) is 6.25. The minimum absolute atomic E-state index is 0.232. The molecule has 0 radical (unpaired) electrons. The number of halogens is 1. The number of nitrogens with zero attached hydrogens (tertiary/aromatic N) is 1. The van der Waals surface area contributed by atoms with Crippen LogP contribution < -0.4 is 10.6 Å². The Morgan fingerprint density at radius 2 is 2.00 bits per heavy atom. The van der Waals surface area contributed by atoms with E-state index in [1.54, 1.807) is 12.1 Å². The van der Waals surface area contributed by atoms with Crippen LogP contribution in [0.15, 0.2) is 36.4 Å². The Hall–Kier alpha value is -1.75.